The number of piperazine rings is 1. The quantitative estimate of drug-likeness (QED) is 0.613. The van der Waals surface area contributed by atoms with E-state index in [2.05, 4.69) is 4.98 Å². The molecule has 2 aliphatic heterocycles. The number of pyridine rings is 1. The number of amides is 2. The van der Waals surface area contributed by atoms with Crippen molar-refractivity contribution in [2.45, 2.75) is 31.6 Å². The van der Waals surface area contributed by atoms with E-state index in [0.717, 1.165) is 23.1 Å². The van der Waals surface area contributed by atoms with Crippen molar-refractivity contribution in [3.05, 3.63) is 58.5 Å². The number of carbonyl (C=O) groups excluding carboxylic acids is 2. The van der Waals surface area contributed by atoms with Gasteiger partial charge in [-0.15, -0.1) is 0 Å². The monoisotopic (exact) mass is 485 g/mol. The molecule has 4 rings (SSSR count). The van der Waals surface area contributed by atoms with Crippen LogP contribution in [0.2, 0.25) is 5.02 Å². The Balaban J connectivity index is 1.64. The molecule has 2 aromatic rings. The van der Waals surface area contributed by atoms with Crippen molar-refractivity contribution in [2.24, 2.45) is 5.92 Å². The summed E-state index contributed by atoms with van der Waals surface area (Å²) in [5, 5.41) is 0.0527. The van der Waals surface area contributed by atoms with Gasteiger partial charge in [0.05, 0.1) is 10.6 Å². The Morgan fingerprint density at radius 1 is 1.12 bits per heavy atom. The van der Waals surface area contributed by atoms with Crippen LogP contribution in [0, 0.1) is 11.7 Å². The number of rotatable bonds is 4. The topological polar surface area (TPSA) is 62.7 Å². The Labute approximate surface area is 192 Å². The van der Waals surface area contributed by atoms with E-state index in [1.165, 1.54) is 23.2 Å². The van der Waals surface area contributed by atoms with Gasteiger partial charge in [0.1, 0.15) is 12.6 Å². The van der Waals surface area contributed by atoms with Crippen molar-refractivity contribution in [1.29, 1.82) is 0 Å². The first-order valence-corrected chi connectivity index (χ1v) is 10.7. The summed E-state index contributed by atoms with van der Waals surface area (Å²) >= 11 is 5.76. The van der Waals surface area contributed by atoms with E-state index in [4.69, 9.17) is 16.3 Å². The fourth-order valence-electron chi connectivity index (χ4n) is 4.21. The van der Waals surface area contributed by atoms with Crippen LogP contribution >= 0.6 is 11.6 Å². The third-order valence-corrected chi connectivity index (χ3v) is 6.07. The first-order valence-electron chi connectivity index (χ1n) is 10.3. The SMILES string of the molecule is O=C1C(C2CCOCC2)N(Cc2ccc(C(F)(F)F)cc2)C(=O)CN1c1ncc(Cl)cc1F. The number of ether oxygens (including phenoxy) is 1. The molecule has 0 bridgehead atoms. The minimum absolute atomic E-state index is 0.0465. The van der Waals surface area contributed by atoms with Gasteiger partial charge < -0.3 is 9.64 Å². The van der Waals surface area contributed by atoms with Crippen molar-refractivity contribution >= 4 is 29.2 Å². The molecule has 0 aliphatic carbocycles. The smallest absolute Gasteiger partial charge is 0.381 e. The molecule has 0 spiro atoms. The van der Waals surface area contributed by atoms with Gasteiger partial charge in [-0.1, -0.05) is 23.7 Å². The molecule has 2 saturated heterocycles. The Hall–Kier alpha value is -2.72. The first-order chi connectivity index (χ1) is 15.6. The van der Waals surface area contributed by atoms with Gasteiger partial charge >= 0.3 is 6.18 Å². The third-order valence-electron chi connectivity index (χ3n) is 5.86. The lowest BCUT2D eigenvalue weighted by Crippen LogP contribution is -2.63. The average molecular weight is 486 g/mol. The molecule has 2 aliphatic rings. The predicted octanol–water partition coefficient (Wildman–Crippen LogP) is 4.06. The zero-order valence-electron chi connectivity index (χ0n) is 17.3. The maximum atomic E-state index is 14.5. The van der Waals surface area contributed by atoms with Crippen LogP contribution in [0.5, 0.6) is 0 Å². The molecule has 0 N–H and O–H groups in total. The highest BCUT2D eigenvalue weighted by Crippen LogP contribution is 2.33. The lowest BCUT2D eigenvalue weighted by atomic mass is 9.87. The van der Waals surface area contributed by atoms with Crippen LogP contribution in [-0.2, 0) is 27.0 Å². The van der Waals surface area contributed by atoms with E-state index < -0.39 is 42.0 Å². The summed E-state index contributed by atoms with van der Waals surface area (Å²) in [7, 11) is 0. The van der Waals surface area contributed by atoms with Crippen LogP contribution in [0.25, 0.3) is 0 Å². The van der Waals surface area contributed by atoms with Crippen LogP contribution in [0.4, 0.5) is 23.4 Å². The lowest BCUT2D eigenvalue weighted by Gasteiger charge is -2.44. The van der Waals surface area contributed by atoms with Gasteiger partial charge in [-0.3, -0.25) is 14.5 Å². The average Bonchev–Trinajstić information content (AvgIpc) is 2.77. The summed E-state index contributed by atoms with van der Waals surface area (Å²) in [6.45, 7) is 0.328. The maximum Gasteiger partial charge on any atom is 0.416 e. The molecule has 2 fully saturated rings. The number of nitrogens with zero attached hydrogens (tertiary/aromatic N) is 3. The normalized spacial score (nSPS) is 20.5. The molecule has 2 amide bonds. The number of halogens is 5. The number of carbonyl (C=O) groups is 2. The van der Waals surface area contributed by atoms with Gasteiger partial charge in [-0.25, -0.2) is 9.37 Å². The van der Waals surface area contributed by atoms with Crippen LogP contribution in [0.1, 0.15) is 24.0 Å². The summed E-state index contributed by atoms with van der Waals surface area (Å²) in [5.74, 6) is -2.32. The Bertz CT molecular complexity index is 1040. The first kappa shape index (κ1) is 23.4. The summed E-state index contributed by atoms with van der Waals surface area (Å²) in [4.78, 5) is 32.9. The second-order valence-corrected chi connectivity index (χ2v) is 8.43. The van der Waals surface area contributed by atoms with Gasteiger partial charge in [-0.05, 0) is 42.5 Å². The number of aromatic nitrogens is 1. The van der Waals surface area contributed by atoms with Crippen LogP contribution in [-0.4, -0.2) is 47.5 Å². The standard InChI is InChI=1S/C22H20ClF4N3O3/c23-16-9-17(24)20(28-10-16)30-12-18(31)29(19(21(30)32)14-5-7-33-8-6-14)11-13-1-3-15(4-2-13)22(25,26)27/h1-4,9-10,14,19H,5-8,11-12H2. The largest absolute Gasteiger partial charge is 0.416 e. The number of anilines is 1. The molecular weight excluding hydrogens is 466 g/mol. The second kappa shape index (κ2) is 9.26. The van der Waals surface area contributed by atoms with Gasteiger partial charge in [0.25, 0.3) is 5.91 Å². The van der Waals surface area contributed by atoms with E-state index in [0.29, 0.717) is 31.6 Å². The maximum absolute atomic E-state index is 14.5. The van der Waals surface area contributed by atoms with Crippen LogP contribution in [0.15, 0.2) is 36.5 Å². The summed E-state index contributed by atoms with van der Waals surface area (Å²) in [6, 6.07) is 4.54. The lowest BCUT2D eigenvalue weighted by molar-refractivity contribution is -0.147. The number of benzene rings is 1. The minimum atomic E-state index is -4.48. The fourth-order valence-corrected chi connectivity index (χ4v) is 4.35. The Morgan fingerprint density at radius 3 is 2.39 bits per heavy atom. The molecule has 33 heavy (non-hydrogen) atoms. The van der Waals surface area contributed by atoms with Crippen LogP contribution in [0.3, 0.4) is 0 Å². The van der Waals surface area contributed by atoms with E-state index in [1.807, 2.05) is 0 Å². The van der Waals surface area contributed by atoms with E-state index in [9.17, 15) is 27.2 Å². The highest BCUT2D eigenvalue weighted by Gasteiger charge is 2.45. The molecule has 1 aromatic heterocycles. The van der Waals surface area contributed by atoms with Crippen molar-refractivity contribution < 1.29 is 31.9 Å². The van der Waals surface area contributed by atoms with E-state index in [-0.39, 0.29) is 23.3 Å². The van der Waals surface area contributed by atoms with Crippen molar-refractivity contribution in [2.75, 3.05) is 24.7 Å². The number of hydrogen-bond acceptors (Lipinski definition) is 4. The van der Waals surface area contributed by atoms with Crippen molar-refractivity contribution in [3.8, 4) is 0 Å². The summed E-state index contributed by atoms with van der Waals surface area (Å²) < 4.78 is 58.5. The van der Waals surface area contributed by atoms with E-state index >= 15 is 0 Å². The van der Waals surface area contributed by atoms with Gasteiger partial charge in [0.15, 0.2) is 11.6 Å². The zero-order chi connectivity index (χ0) is 23.8. The molecule has 176 valence electrons. The fraction of sp³-hybridized carbons (Fsp3) is 0.409. The number of hydrogen-bond donors (Lipinski definition) is 0. The molecule has 0 saturated carbocycles. The van der Waals surface area contributed by atoms with Crippen molar-refractivity contribution in [3.63, 3.8) is 0 Å². The second-order valence-electron chi connectivity index (χ2n) is 7.99. The van der Waals surface area contributed by atoms with Gasteiger partial charge in [0, 0.05) is 26.0 Å². The van der Waals surface area contributed by atoms with Crippen LogP contribution < -0.4 is 4.90 Å². The number of alkyl halides is 3. The third kappa shape index (κ3) is 4.96. The highest BCUT2D eigenvalue weighted by molar-refractivity contribution is 6.30. The molecule has 1 aromatic carbocycles. The van der Waals surface area contributed by atoms with Crippen molar-refractivity contribution in [1.82, 2.24) is 9.88 Å². The molecule has 6 nitrogen and oxygen atoms in total. The predicted molar refractivity (Wildman–Crippen MR) is 111 cm³/mol. The minimum Gasteiger partial charge on any atom is -0.381 e. The van der Waals surface area contributed by atoms with E-state index in [1.54, 1.807) is 0 Å². The molecule has 1 unspecified atom stereocenters. The van der Waals surface area contributed by atoms with Gasteiger partial charge in [-0.2, -0.15) is 13.2 Å². The molecule has 3 heterocycles. The van der Waals surface area contributed by atoms with Gasteiger partial charge in [0.2, 0.25) is 5.91 Å². The molecule has 1 atom stereocenters. The Morgan fingerprint density at radius 2 is 1.79 bits per heavy atom. The summed E-state index contributed by atoms with van der Waals surface area (Å²) in [6.07, 6.45) is -2.26. The molecule has 11 heteroatoms. The Kier molecular flexibility index (Phi) is 6.58. The highest BCUT2D eigenvalue weighted by atomic mass is 35.5. The summed E-state index contributed by atoms with van der Waals surface area (Å²) in [5.41, 5.74) is -0.353. The zero-order valence-corrected chi connectivity index (χ0v) is 18.1. The molecular formula is C22H20ClF4N3O3. The molecule has 0 radical (unpaired) electrons.